The Balaban J connectivity index is 1.18. The van der Waals surface area contributed by atoms with Gasteiger partial charge in [-0.15, -0.1) is 0 Å². The zero-order valence-electron chi connectivity index (χ0n) is 18.6. The highest BCUT2D eigenvalue weighted by Crippen LogP contribution is 2.26. The molecule has 0 radical (unpaired) electrons. The fourth-order valence-electron chi connectivity index (χ4n) is 4.29. The molecule has 1 unspecified atom stereocenters. The molecule has 1 saturated heterocycles. The van der Waals surface area contributed by atoms with Gasteiger partial charge in [0.15, 0.2) is 5.96 Å². The Hall–Kier alpha value is -3.15. The average molecular weight is 420 g/mol. The van der Waals surface area contributed by atoms with Crippen LogP contribution in [0.4, 0.5) is 5.69 Å². The number of para-hydroxylation sites is 1. The summed E-state index contributed by atoms with van der Waals surface area (Å²) < 4.78 is 7.68. The topological polar surface area (TPSA) is 53.8 Å². The van der Waals surface area contributed by atoms with Crippen molar-refractivity contribution in [2.24, 2.45) is 10.9 Å². The molecule has 6 nitrogen and oxygen atoms in total. The summed E-state index contributed by atoms with van der Waals surface area (Å²) in [7, 11) is 3.56. The molecule has 6 heteroatoms. The normalized spacial score (nSPS) is 16.6. The first-order valence-electron chi connectivity index (χ1n) is 11.1. The minimum absolute atomic E-state index is 0.607. The number of aromatic nitrogens is 1. The Morgan fingerprint density at radius 2 is 2.03 bits per heavy atom. The van der Waals surface area contributed by atoms with Gasteiger partial charge in [0.05, 0.1) is 7.11 Å². The summed E-state index contributed by atoms with van der Waals surface area (Å²) in [6.07, 6.45) is 4.40. The number of guanidine groups is 1. The van der Waals surface area contributed by atoms with E-state index in [4.69, 9.17) is 4.74 Å². The quantitative estimate of drug-likeness (QED) is 0.332. The third-order valence-corrected chi connectivity index (χ3v) is 6.03. The van der Waals surface area contributed by atoms with Gasteiger partial charge in [-0.25, -0.2) is 0 Å². The van der Waals surface area contributed by atoms with Crippen molar-refractivity contribution in [3.8, 4) is 5.75 Å². The second-order valence-corrected chi connectivity index (χ2v) is 8.10. The molecule has 3 aromatic rings. The van der Waals surface area contributed by atoms with Gasteiger partial charge in [-0.05, 0) is 48.4 Å². The van der Waals surface area contributed by atoms with E-state index in [1.54, 1.807) is 7.11 Å². The van der Waals surface area contributed by atoms with E-state index in [1.807, 2.05) is 13.1 Å². The number of hydrogen-bond acceptors (Lipinski definition) is 3. The van der Waals surface area contributed by atoms with E-state index in [9.17, 15) is 0 Å². The van der Waals surface area contributed by atoms with Crippen LogP contribution in [0.1, 0.15) is 12.8 Å². The van der Waals surface area contributed by atoms with Crippen LogP contribution < -0.4 is 20.3 Å². The van der Waals surface area contributed by atoms with Gasteiger partial charge < -0.3 is 24.8 Å². The molecular formula is C25H33N5O. The molecule has 0 bridgehead atoms. The molecule has 1 atom stereocenters. The van der Waals surface area contributed by atoms with Crippen LogP contribution in [0.2, 0.25) is 0 Å². The zero-order chi connectivity index (χ0) is 21.5. The molecule has 2 N–H and O–H groups in total. The lowest BCUT2D eigenvalue weighted by Gasteiger charge is -2.20. The van der Waals surface area contributed by atoms with Crippen molar-refractivity contribution in [2.45, 2.75) is 19.4 Å². The Morgan fingerprint density at radius 1 is 1.13 bits per heavy atom. The molecule has 1 aliphatic heterocycles. The molecule has 164 valence electrons. The molecule has 0 aliphatic carbocycles. The van der Waals surface area contributed by atoms with Crippen LogP contribution in [0.3, 0.4) is 0 Å². The van der Waals surface area contributed by atoms with Crippen molar-refractivity contribution in [3.63, 3.8) is 0 Å². The maximum Gasteiger partial charge on any atom is 0.190 e. The Bertz CT molecular complexity index is 1010. The highest BCUT2D eigenvalue weighted by atomic mass is 16.5. The summed E-state index contributed by atoms with van der Waals surface area (Å²) in [6, 6.07) is 19.0. The van der Waals surface area contributed by atoms with Gasteiger partial charge in [-0.2, -0.15) is 0 Å². The van der Waals surface area contributed by atoms with Crippen molar-refractivity contribution in [3.05, 3.63) is 60.8 Å². The molecule has 1 aromatic heterocycles. The average Bonchev–Trinajstić information content (AvgIpc) is 3.46. The summed E-state index contributed by atoms with van der Waals surface area (Å²) in [6.45, 7) is 4.96. The van der Waals surface area contributed by atoms with Crippen molar-refractivity contribution in [2.75, 3.05) is 45.2 Å². The molecule has 0 saturated carbocycles. The predicted molar refractivity (Wildman–Crippen MR) is 129 cm³/mol. The first-order valence-corrected chi connectivity index (χ1v) is 11.1. The van der Waals surface area contributed by atoms with Crippen molar-refractivity contribution >= 4 is 22.5 Å². The van der Waals surface area contributed by atoms with E-state index in [1.165, 1.54) is 23.0 Å². The van der Waals surface area contributed by atoms with Crippen LogP contribution in [0.5, 0.6) is 5.75 Å². The zero-order valence-corrected chi connectivity index (χ0v) is 18.6. The van der Waals surface area contributed by atoms with Gasteiger partial charge in [-0.3, -0.25) is 4.99 Å². The summed E-state index contributed by atoms with van der Waals surface area (Å²) in [5.74, 6) is 2.41. The van der Waals surface area contributed by atoms with E-state index >= 15 is 0 Å². The van der Waals surface area contributed by atoms with E-state index in [0.29, 0.717) is 5.92 Å². The molecule has 0 amide bonds. The van der Waals surface area contributed by atoms with Crippen LogP contribution in [0.25, 0.3) is 10.9 Å². The molecule has 4 rings (SSSR count). The highest BCUT2D eigenvalue weighted by Gasteiger charge is 2.23. The molecule has 0 spiro atoms. The smallest absolute Gasteiger partial charge is 0.190 e. The number of rotatable bonds is 8. The second-order valence-electron chi connectivity index (χ2n) is 8.10. The van der Waals surface area contributed by atoms with E-state index in [-0.39, 0.29) is 0 Å². The van der Waals surface area contributed by atoms with Gasteiger partial charge in [0, 0.05) is 63.2 Å². The minimum Gasteiger partial charge on any atom is -0.497 e. The van der Waals surface area contributed by atoms with E-state index in [2.05, 4.69) is 79.8 Å². The number of nitrogens with zero attached hydrogens (tertiary/aromatic N) is 3. The standard InChI is InChI=1S/C25H33N5O/c1-26-25(27-13-6-14-29-16-12-21-7-3-4-10-24(21)29)28-18-20-11-15-30(19-20)22-8-5-9-23(17-22)31-2/h3-5,7-10,12,16-17,20H,6,11,13-15,18-19H2,1-2H3,(H2,26,27,28). The Kier molecular flexibility index (Phi) is 6.97. The summed E-state index contributed by atoms with van der Waals surface area (Å²) in [4.78, 5) is 6.83. The number of methoxy groups -OCH3 is 1. The van der Waals surface area contributed by atoms with Crippen LogP contribution >= 0.6 is 0 Å². The van der Waals surface area contributed by atoms with E-state index < -0.39 is 0 Å². The number of aryl methyl sites for hydroxylation is 1. The Labute approximate surface area is 184 Å². The number of aliphatic imine (C=N–C) groups is 1. The number of hydrogen-bond donors (Lipinski definition) is 2. The molecule has 1 fully saturated rings. The van der Waals surface area contributed by atoms with Crippen molar-refractivity contribution in [1.29, 1.82) is 0 Å². The van der Waals surface area contributed by atoms with Crippen LogP contribution in [-0.4, -0.2) is 50.9 Å². The SMILES string of the molecule is CN=C(NCCCn1ccc2ccccc21)NCC1CCN(c2cccc(OC)c2)C1. The fraction of sp³-hybridized carbons (Fsp3) is 0.400. The fourth-order valence-corrected chi connectivity index (χ4v) is 4.29. The Morgan fingerprint density at radius 3 is 2.90 bits per heavy atom. The number of benzene rings is 2. The lowest BCUT2D eigenvalue weighted by molar-refractivity contribution is 0.415. The second kappa shape index (κ2) is 10.2. The molecule has 2 aromatic carbocycles. The van der Waals surface area contributed by atoms with Crippen LogP contribution in [-0.2, 0) is 6.54 Å². The van der Waals surface area contributed by atoms with Gasteiger partial charge in [0.25, 0.3) is 0 Å². The maximum absolute atomic E-state index is 5.36. The van der Waals surface area contributed by atoms with Gasteiger partial charge >= 0.3 is 0 Å². The van der Waals surface area contributed by atoms with Gasteiger partial charge in [-0.1, -0.05) is 24.3 Å². The number of nitrogens with one attached hydrogen (secondary N) is 2. The predicted octanol–water partition coefficient (Wildman–Crippen LogP) is 3.73. The third kappa shape index (κ3) is 5.32. The molecular weight excluding hydrogens is 386 g/mol. The summed E-state index contributed by atoms with van der Waals surface area (Å²) in [5, 5.41) is 8.27. The van der Waals surface area contributed by atoms with Crippen molar-refractivity contribution < 1.29 is 4.74 Å². The summed E-state index contributed by atoms with van der Waals surface area (Å²) >= 11 is 0. The van der Waals surface area contributed by atoms with Crippen LogP contribution in [0, 0.1) is 5.92 Å². The maximum atomic E-state index is 5.36. The number of ether oxygens (including phenoxy) is 1. The lowest BCUT2D eigenvalue weighted by Crippen LogP contribution is -2.40. The third-order valence-electron chi connectivity index (χ3n) is 6.03. The first-order chi connectivity index (χ1) is 15.3. The van der Waals surface area contributed by atoms with Crippen LogP contribution in [0.15, 0.2) is 65.8 Å². The molecule has 2 heterocycles. The van der Waals surface area contributed by atoms with Crippen molar-refractivity contribution in [1.82, 2.24) is 15.2 Å². The first kappa shape index (κ1) is 21.1. The lowest BCUT2D eigenvalue weighted by atomic mass is 10.1. The highest BCUT2D eigenvalue weighted by molar-refractivity contribution is 5.80. The van der Waals surface area contributed by atoms with Gasteiger partial charge in [0.2, 0.25) is 0 Å². The van der Waals surface area contributed by atoms with Gasteiger partial charge in [0.1, 0.15) is 5.75 Å². The monoisotopic (exact) mass is 419 g/mol. The summed E-state index contributed by atoms with van der Waals surface area (Å²) in [5.41, 5.74) is 2.54. The number of anilines is 1. The van der Waals surface area contributed by atoms with E-state index in [0.717, 1.165) is 50.9 Å². The molecule has 31 heavy (non-hydrogen) atoms. The largest absolute Gasteiger partial charge is 0.497 e. The minimum atomic E-state index is 0.607. The number of fused-ring (bicyclic) bond motifs is 1. The molecule has 1 aliphatic rings.